The highest BCUT2D eigenvalue weighted by Crippen LogP contribution is 2.14. The van der Waals surface area contributed by atoms with E-state index < -0.39 is 10.0 Å². The zero-order valence-corrected chi connectivity index (χ0v) is 14.0. The first kappa shape index (κ1) is 18.2. The van der Waals surface area contributed by atoms with E-state index in [1.165, 1.54) is 0 Å². The number of hydrogen-bond acceptors (Lipinski definition) is 4. The Kier molecular flexibility index (Phi) is 7.95. The van der Waals surface area contributed by atoms with Gasteiger partial charge in [-0.25, -0.2) is 13.1 Å². The SMILES string of the molecule is CCCNCc1cc(S(=O)(=O)NCCCOC)cn1CC. The molecule has 0 atom stereocenters. The van der Waals surface area contributed by atoms with Crippen LogP contribution in [0.5, 0.6) is 0 Å². The smallest absolute Gasteiger partial charge is 0.242 e. The molecule has 0 radical (unpaired) electrons. The van der Waals surface area contributed by atoms with Gasteiger partial charge in [0, 0.05) is 45.2 Å². The van der Waals surface area contributed by atoms with Gasteiger partial charge in [-0.05, 0) is 32.4 Å². The second-order valence-electron chi connectivity index (χ2n) is 4.87. The van der Waals surface area contributed by atoms with Crippen molar-refractivity contribution in [2.24, 2.45) is 0 Å². The number of nitrogens with one attached hydrogen (secondary N) is 2. The van der Waals surface area contributed by atoms with Crippen molar-refractivity contribution in [2.75, 3.05) is 26.8 Å². The molecular weight excluding hydrogens is 290 g/mol. The van der Waals surface area contributed by atoms with Crippen LogP contribution < -0.4 is 10.0 Å². The Bertz CT molecular complexity index is 512. The van der Waals surface area contributed by atoms with Gasteiger partial charge in [0.2, 0.25) is 10.0 Å². The van der Waals surface area contributed by atoms with E-state index in [0.717, 1.165) is 25.2 Å². The first-order valence-corrected chi connectivity index (χ1v) is 8.91. The molecule has 0 saturated carbocycles. The lowest BCUT2D eigenvalue weighted by atomic mass is 10.4. The molecule has 0 aliphatic rings. The maximum atomic E-state index is 12.2. The Morgan fingerprint density at radius 1 is 1.29 bits per heavy atom. The molecule has 7 heteroatoms. The number of rotatable bonds is 11. The fourth-order valence-corrected chi connectivity index (χ4v) is 3.15. The Morgan fingerprint density at radius 3 is 2.67 bits per heavy atom. The van der Waals surface area contributed by atoms with Crippen molar-refractivity contribution < 1.29 is 13.2 Å². The lowest BCUT2D eigenvalue weighted by Gasteiger charge is -2.06. The largest absolute Gasteiger partial charge is 0.385 e. The van der Waals surface area contributed by atoms with Gasteiger partial charge >= 0.3 is 0 Å². The molecular formula is C14H27N3O3S. The van der Waals surface area contributed by atoms with Crippen LogP contribution in [0.1, 0.15) is 32.4 Å². The molecule has 0 spiro atoms. The number of hydrogen-bond donors (Lipinski definition) is 2. The van der Waals surface area contributed by atoms with Gasteiger partial charge < -0.3 is 14.6 Å². The first-order valence-electron chi connectivity index (χ1n) is 7.43. The third-order valence-corrected chi connectivity index (χ3v) is 4.59. The Labute approximate surface area is 127 Å². The van der Waals surface area contributed by atoms with Gasteiger partial charge in [0.25, 0.3) is 0 Å². The molecule has 0 bridgehead atoms. The van der Waals surface area contributed by atoms with E-state index >= 15 is 0 Å². The van der Waals surface area contributed by atoms with E-state index in [-0.39, 0.29) is 0 Å². The zero-order chi connectivity index (χ0) is 15.7. The minimum atomic E-state index is -3.44. The average molecular weight is 317 g/mol. The van der Waals surface area contributed by atoms with Gasteiger partial charge in [-0.2, -0.15) is 0 Å². The van der Waals surface area contributed by atoms with Crippen LogP contribution in [0.25, 0.3) is 0 Å². The molecule has 122 valence electrons. The highest BCUT2D eigenvalue weighted by Gasteiger charge is 2.17. The van der Waals surface area contributed by atoms with Crippen LogP contribution in [0.4, 0.5) is 0 Å². The third-order valence-electron chi connectivity index (χ3n) is 3.16. The predicted molar refractivity (Wildman–Crippen MR) is 83.8 cm³/mol. The number of methoxy groups -OCH3 is 1. The topological polar surface area (TPSA) is 72.4 Å². The summed E-state index contributed by atoms with van der Waals surface area (Å²) >= 11 is 0. The molecule has 0 unspecified atom stereocenters. The number of ether oxygens (including phenoxy) is 1. The minimum Gasteiger partial charge on any atom is -0.385 e. The summed E-state index contributed by atoms with van der Waals surface area (Å²) in [4.78, 5) is 0.329. The van der Waals surface area contributed by atoms with Crippen LogP contribution >= 0.6 is 0 Å². The monoisotopic (exact) mass is 317 g/mol. The Hall–Kier alpha value is -0.890. The maximum absolute atomic E-state index is 12.2. The summed E-state index contributed by atoms with van der Waals surface area (Å²) < 4.78 is 33.9. The summed E-state index contributed by atoms with van der Waals surface area (Å²) in [5, 5.41) is 3.30. The molecule has 1 aromatic rings. The normalized spacial score (nSPS) is 12.0. The second-order valence-corrected chi connectivity index (χ2v) is 6.64. The number of aryl methyl sites for hydroxylation is 1. The summed E-state index contributed by atoms with van der Waals surface area (Å²) in [6.07, 6.45) is 3.41. The van der Waals surface area contributed by atoms with Crippen LogP contribution in [0.3, 0.4) is 0 Å². The van der Waals surface area contributed by atoms with E-state index in [2.05, 4.69) is 17.0 Å². The van der Waals surface area contributed by atoms with E-state index in [0.29, 0.717) is 31.0 Å². The number of aromatic nitrogens is 1. The molecule has 1 aromatic heterocycles. The second kappa shape index (κ2) is 9.19. The molecule has 0 saturated heterocycles. The fraction of sp³-hybridized carbons (Fsp3) is 0.714. The van der Waals surface area contributed by atoms with Crippen molar-refractivity contribution in [1.29, 1.82) is 0 Å². The van der Waals surface area contributed by atoms with Crippen LogP contribution in [0.2, 0.25) is 0 Å². The van der Waals surface area contributed by atoms with Crippen molar-refractivity contribution in [2.45, 2.75) is 44.7 Å². The van der Waals surface area contributed by atoms with Crippen molar-refractivity contribution in [3.8, 4) is 0 Å². The van der Waals surface area contributed by atoms with Gasteiger partial charge in [-0.1, -0.05) is 6.92 Å². The van der Waals surface area contributed by atoms with Crippen LogP contribution in [-0.4, -0.2) is 39.8 Å². The van der Waals surface area contributed by atoms with Crippen molar-refractivity contribution in [3.63, 3.8) is 0 Å². The van der Waals surface area contributed by atoms with Crippen molar-refractivity contribution >= 4 is 10.0 Å². The first-order chi connectivity index (χ1) is 10.0. The highest BCUT2D eigenvalue weighted by molar-refractivity contribution is 7.89. The lowest BCUT2D eigenvalue weighted by Crippen LogP contribution is -2.25. The van der Waals surface area contributed by atoms with Gasteiger partial charge in [0.15, 0.2) is 0 Å². The van der Waals surface area contributed by atoms with Crippen LogP contribution in [0.15, 0.2) is 17.2 Å². The van der Waals surface area contributed by atoms with Gasteiger partial charge in [0.1, 0.15) is 0 Å². The standard InChI is InChI=1S/C14H27N3O3S/c1-4-7-15-11-13-10-14(12-17(13)5-2)21(18,19)16-8-6-9-20-3/h10,12,15-16H,4-9,11H2,1-3H3. The number of nitrogens with zero attached hydrogens (tertiary/aromatic N) is 1. The average Bonchev–Trinajstić information content (AvgIpc) is 2.88. The fourth-order valence-electron chi connectivity index (χ4n) is 2.01. The summed E-state index contributed by atoms with van der Waals surface area (Å²) in [5.74, 6) is 0. The summed E-state index contributed by atoms with van der Waals surface area (Å²) in [6.45, 7) is 7.40. The van der Waals surface area contributed by atoms with Gasteiger partial charge in [-0.3, -0.25) is 0 Å². The molecule has 6 nitrogen and oxygen atoms in total. The van der Waals surface area contributed by atoms with Crippen LogP contribution in [-0.2, 0) is 27.8 Å². The molecule has 0 aliphatic carbocycles. The van der Waals surface area contributed by atoms with E-state index in [9.17, 15) is 8.42 Å². The molecule has 1 heterocycles. The quantitative estimate of drug-likeness (QED) is 0.604. The molecule has 2 N–H and O–H groups in total. The predicted octanol–water partition coefficient (Wildman–Crippen LogP) is 1.32. The maximum Gasteiger partial charge on any atom is 0.242 e. The summed E-state index contributed by atoms with van der Waals surface area (Å²) in [6, 6.07) is 1.74. The van der Waals surface area contributed by atoms with Gasteiger partial charge in [0.05, 0.1) is 4.90 Å². The molecule has 0 aromatic carbocycles. The van der Waals surface area contributed by atoms with E-state index in [4.69, 9.17) is 4.74 Å². The van der Waals surface area contributed by atoms with Crippen molar-refractivity contribution in [3.05, 3.63) is 18.0 Å². The Morgan fingerprint density at radius 2 is 2.05 bits per heavy atom. The highest BCUT2D eigenvalue weighted by atomic mass is 32.2. The third kappa shape index (κ3) is 5.78. The van der Waals surface area contributed by atoms with Crippen LogP contribution in [0, 0.1) is 0 Å². The molecule has 1 rings (SSSR count). The molecule has 0 amide bonds. The molecule has 0 fully saturated rings. The number of sulfonamides is 1. The molecule has 21 heavy (non-hydrogen) atoms. The Balaban J connectivity index is 2.72. The zero-order valence-electron chi connectivity index (χ0n) is 13.2. The molecule has 0 aliphatic heterocycles. The summed E-state index contributed by atoms with van der Waals surface area (Å²) in [7, 11) is -1.83. The van der Waals surface area contributed by atoms with E-state index in [1.54, 1.807) is 19.4 Å². The van der Waals surface area contributed by atoms with E-state index in [1.807, 2.05) is 11.5 Å². The van der Waals surface area contributed by atoms with Crippen molar-refractivity contribution in [1.82, 2.24) is 14.6 Å². The lowest BCUT2D eigenvalue weighted by molar-refractivity contribution is 0.196. The van der Waals surface area contributed by atoms with Gasteiger partial charge in [-0.15, -0.1) is 0 Å². The summed E-state index contributed by atoms with van der Waals surface area (Å²) in [5.41, 5.74) is 0.989. The minimum absolute atomic E-state index is 0.329.